The van der Waals surface area contributed by atoms with Gasteiger partial charge < -0.3 is 14.6 Å². The molecule has 7 nitrogen and oxygen atoms in total. The van der Waals surface area contributed by atoms with Crippen LogP contribution in [0.4, 0.5) is 5.69 Å². The highest BCUT2D eigenvalue weighted by Gasteiger charge is 2.19. The van der Waals surface area contributed by atoms with Crippen LogP contribution in [0, 0.1) is 0 Å². The fourth-order valence-electron chi connectivity index (χ4n) is 3.70. The average molecular weight is 472 g/mol. The summed E-state index contributed by atoms with van der Waals surface area (Å²) in [5.74, 6) is 1.53. The van der Waals surface area contributed by atoms with E-state index in [9.17, 15) is 4.79 Å². The first-order valence-corrected chi connectivity index (χ1v) is 11.9. The molecular weight excluding hydrogens is 446 g/mol. The normalized spacial score (nSPS) is 13.9. The van der Waals surface area contributed by atoms with Crippen LogP contribution in [0.2, 0.25) is 5.02 Å². The predicted octanol–water partition coefficient (Wildman–Crippen LogP) is 4.32. The number of nitrogens with zero attached hydrogens (tertiary/aromatic N) is 4. The minimum Gasteiger partial charge on any atom is -0.495 e. The van der Waals surface area contributed by atoms with Gasteiger partial charge in [0.25, 0.3) is 0 Å². The highest BCUT2D eigenvalue weighted by molar-refractivity contribution is 7.99. The number of aromatic nitrogens is 3. The second-order valence-corrected chi connectivity index (χ2v) is 9.01. The fourth-order valence-corrected chi connectivity index (χ4v) is 4.63. The molecule has 4 rings (SSSR count). The Bertz CT molecular complexity index is 1050. The van der Waals surface area contributed by atoms with Gasteiger partial charge in [0.15, 0.2) is 5.16 Å². The molecule has 1 aliphatic rings. The van der Waals surface area contributed by atoms with Crippen LogP contribution in [0.25, 0.3) is 0 Å². The van der Waals surface area contributed by atoms with Crippen LogP contribution in [0.3, 0.4) is 0 Å². The minimum absolute atomic E-state index is 0.161. The number of anilines is 1. The zero-order valence-corrected chi connectivity index (χ0v) is 19.5. The Labute approximate surface area is 197 Å². The number of nitrogens with one attached hydrogen (secondary N) is 1. The van der Waals surface area contributed by atoms with Gasteiger partial charge >= 0.3 is 0 Å². The molecule has 1 saturated heterocycles. The van der Waals surface area contributed by atoms with E-state index in [1.165, 1.54) is 30.2 Å². The average Bonchev–Trinajstić information content (AvgIpc) is 3.44. The van der Waals surface area contributed by atoms with E-state index in [1.54, 1.807) is 25.3 Å². The molecular formula is C23H26ClN5O2S. The van der Waals surface area contributed by atoms with Gasteiger partial charge in [0.1, 0.15) is 11.6 Å². The molecule has 0 atom stereocenters. The van der Waals surface area contributed by atoms with E-state index >= 15 is 0 Å². The Morgan fingerprint density at radius 2 is 1.91 bits per heavy atom. The van der Waals surface area contributed by atoms with Crippen LogP contribution < -0.4 is 10.1 Å². The maximum atomic E-state index is 12.6. The number of amides is 1. The number of carbonyl (C=O) groups excluding carboxylic acids is 1. The molecule has 0 saturated carbocycles. The number of likely N-dealkylation sites (tertiary alicyclic amines) is 1. The molecule has 1 amide bonds. The lowest BCUT2D eigenvalue weighted by Gasteiger charge is -2.16. The van der Waals surface area contributed by atoms with E-state index < -0.39 is 0 Å². The van der Waals surface area contributed by atoms with E-state index in [0.29, 0.717) is 23.0 Å². The zero-order chi connectivity index (χ0) is 22.3. The summed E-state index contributed by atoms with van der Waals surface area (Å²) < 4.78 is 7.42. The van der Waals surface area contributed by atoms with Gasteiger partial charge in [0.05, 0.1) is 31.6 Å². The third kappa shape index (κ3) is 5.82. The maximum absolute atomic E-state index is 12.6. The van der Waals surface area contributed by atoms with Gasteiger partial charge in [0, 0.05) is 5.02 Å². The molecule has 0 radical (unpaired) electrons. The summed E-state index contributed by atoms with van der Waals surface area (Å²) in [6.07, 6.45) is 2.45. The van der Waals surface area contributed by atoms with Crippen molar-refractivity contribution in [2.75, 3.05) is 31.3 Å². The van der Waals surface area contributed by atoms with E-state index in [1.807, 2.05) is 18.2 Å². The van der Waals surface area contributed by atoms with E-state index in [2.05, 4.69) is 37.1 Å². The Morgan fingerprint density at radius 3 is 2.66 bits per heavy atom. The largest absolute Gasteiger partial charge is 0.495 e. The predicted molar refractivity (Wildman–Crippen MR) is 127 cm³/mol. The highest BCUT2D eigenvalue weighted by Crippen LogP contribution is 2.28. The van der Waals surface area contributed by atoms with E-state index in [-0.39, 0.29) is 11.7 Å². The summed E-state index contributed by atoms with van der Waals surface area (Å²) in [7, 11) is 1.56. The van der Waals surface area contributed by atoms with Crippen molar-refractivity contribution in [2.45, 2.75) is 31.1 Å². The summed E-state index contributed by atoms with van der Waals surface area (Å²) in [5.41, 5.74) is 1.72. The van der Waals surface area contributed by atoms with Crippen LogP contribution >= 0.6 is 23.4 Å². The van der Waals surface area contributed by atoms with Crippen molar-refractivity contribution in [3.63, 3.8) is 0 Å². The van der Waals surface area contributed by atoms with Crippen molar-refractivity contribution in [3.05, 3.63) is 64.9 Å². The molecule has 3 aromatic rings. The SMILES string of the molecule is COc1ccc(Cl)cc1NC(=O)CSc1nnc(CN2CCCC2)n1Cc1ccccc1. The summed E-state index contributed by atoms with van der Waals surface area (Å²) in [4.78, 5) is 15.0. The van der Waals surface area contributed by atoms with Crippen molar-refractivity contribution in [1.29, 1.82) is 0 Å². The quantitative estimate of drug-likeness (QED) is 0.469. The lowest BCUT2D eigenvalue weighted by Crippen LogP contribution is -2.22. The first-order valence-electron chi connectivity index (χ1n) is 10.6. The molecule has 2 aromatic carbocycles. The monoisotopic (exact) mass is 471 g/mol. The van der Waals surface area contributed by atoms with Gasteiger partial charge in [-0.3, -0.25) is 9.69 Å². The molecule has 1 fully saturated rings. The summed E-state index contributed by atoms with van der Waals surface area (Å²) in [6, 6.07) is 15.4. The van der Waals surface area contributed by atoms with Crippen molar-refractivity contribution in [1.82, 2.24) is 19.7 Å². The standard InChI is InChI=1S/C23H26ClN5O2S/c1-31-20-10-9-18(24)13-19(20)25-22(30)16-32-23-27-26-21(15-28-11-5-6-12-28)29(23)14-17-7-3-2-4-8-17/h2-4,7-10,13H,5-6,11-12,14-16H2,1H3,(H,25,30). The van der Waals surface area contributed by atoms with Crippen LogP contribution in [-0.2, 0) is 17.9 Å². The van der Waals surface area contributed by atoms with Crippen molar-refractivity contribution >= 4 is 35.0 Å². The Balaban J connectivity index is 1.47. The number of carbonyl (C=O) groups is 1. The smallest absolute Gasteiger partial charge is 0.234 e. The number of thioether (sulfide) groups is 1. The van der Waals surface area contributed by atoms with Gasteiger partial charge in [-0.25, -0.2) is 0 Å². The Morgan fingerprint density at radius 1 is 1.12 bits per heavy atom. The second-order valence-electron chi connectivity index (χ2n) is 7.64. The number of methoxy groups -OCH3 is 1. The highest BCUT2D eigenvalue weighted by atomic mass is 35.5. The van der Waals surface area contributed by atoms with Crippen LogP contribution in [0.15, 0.2) is 53.7 Å². The maximum Gasteiger partial charge on any atom is 0.234 e. The third-order valence-electron chi connectivity index (χ3n) is 5.31. The lowest BCUT2D eigenvalue weighted by atomic mass is 10.2. The number of ether oxygens (including phenoxy) is 1. The van der Waals surface area contributed by atoms with Crippen molar-refractivity contribution in [3.8, 4) is 5.75 Å². The Hall–Kier alpha value is -2.55. The molecule has 1 aromatic heterocycles. The van der Waals surface area contributed by atoms with Crippen molar-refractivity contribution < 1.29 is 9.53 Å². The molecule has 32 heavy (non-hydrogen) atoms. The second kappa shape index (κ2) is 10.8. The molecule has 0 unspecified atom stereocenters. The van der Waals surface area contributed by atoms with E-state index in [4.69, 9.17) is 16.3 Å². The number of benzene rings is 2. The molecule has 0 aliphatic carbocycles. The van der Waals surface area contributed by atoms with Crippen LogP contribution in [-0.4, -0.2) is 51.5 Å². The van der Waals surface area contributed by atoms with Gasteiger partial charge in [-0.1, -0.05) is 53.7 Å². The summed E-state index contributed by atoms with van der Waals surface area (Å²) in [6.45, 7) is 3.62. The fraction of sp³-hybridized carbons (Fsp3) is 0.348. The first-order chi connectivity index (χ1) is 15.6. The van der Waals surface area contributed by atoms with Gasteiger partial charge in [-0.15, -0.1) is 10.2 Å². The number of rotatable bonds is 9. The van der Waals surface area contributed by atoms with Gasteiger partial charge in [-0.05, 0) is 49.7 Å². The third-order valence-corrected chi connectivity index (χ3v) is 6.51. The molecule has 0 spiro atoms. The topological polar surface area (TPSA) is 72.3 Å². The van der Waals surface area contributed by atoms with Crippen LogP contribution in [0.5, 0.6) is 5.75 Å². The van der Waals surface area contributed by atoms with Gasteiger partial charge in [0.2, 0.25) is 5.91 Å². The van der Waals surface area contributed by atoms with Crippen molar-refractivity contribution in [2.24, 2.45) is 0 Å². The van der Waals surface area contributed by atoms with Crippen LogP contribution in [0.1, 0.15) is 24.2 Å². The minimum atomic E-state index is -0.161. The molecule has 1 aliphatic heterocycles. The van der Waals surface area contributed by atoms with E-state index in [0.717, 1.165) is 30.6 Å². The molecule has 0 bridgehead atoms. The molecule has 1 N–H and O–H groups in total. The number of hydrogen-bond donors (Lipinski definition) is 1. The number of halogens is 1. The first kappa shape index (κ1) is 22.6. The zero-order valence-electron chi connectivity index (χ0n) is 18.0. The summed E-state index contributed by atoms with van der Waals surface area (Å²) >= 11 is 7.44. The lowest BCUT2D eigenvalue weighted by molar-refractivity contribution is -0.113. The molecule has 168 valence electrons. The summed E-state index contributed by atoms with van der Waals surface area (Å²) in [5, 5.41) is 13.0. The molecule has 9 heteroatoms. The Kier molecular flexibility index (Phi) is 7.68. The number of hydrogen-bond acceptors (Lipinski definition) is 6. The van der Waals surface area contributed by atoms with Gasteiger partial charge in [-0.2, -0.15) is 0 Å². The molecule has 2 heterocycles.